The first-order valence-corrected chi connectivity index (χ1v) is 5.07. The van der Waals surface area contributed by atoms with Gasteiger partial charge in [-0.25, -0.2) is 9.18 Å². The van der Waals surface area contributed by atoms with Crippen LogP contribution in [0.3, 0.4) is 0 Å². The number of hydrogen-bond acceptors (Lipinski definition) is 4. The van der Waals surface area contributed by atoms with Gasteiger partial charge in [0.2, 0.25) is 11.7 Å². The molecule has 1 atom stereocenters. The minimum Gasteiger partial charge on any atom is -0.464 e. The number of carbonyl (C=O) groups excluding carboxylic acids is 3. The molecular weight excluding hydrogens is 217 g/mol. The SMILES string of the molecule is CCOC(=O)C(NC(C)=O)C(=O)C1(F)CC1. The van der Waals surface area contributed by atoms with E-state index in [0.29, 0.717) is 0 Å². The Labute approximate surface area is 92.3 Å². The lowest BCUT2D eigenvalue weighted by Crippen LogP contribution is -2.50. The Morgan fingerprint density at radius 2 is 2.00 bits per heavy atom. The summed E-state index contributed by atoms with van der Waals surface area (Å²) in [6.45, 7) is 2.79. The van der Waals surface area contributed by atoms with Crippen LogP contribution in [0.2, 0.25) is 0 Å². The highest BCUT2D eigenvalue weighted by molar-refractivity contribution is 6.10. The number of rotatable bonds is 5. The van der Waals surface area contributed by atoms with E-state index in [1.807, 2.05) is 0 Å². The number of halogens is 1. The van der Waals surface area contributed by atoms with Gasteiger partial charge < -0.3 is 10.1 Å². The number of nitrogens with one attached hydrogen (secondary N) is 1. The molecule has 0 saturated heterocycles. The summed E-state index contributed by atoms with van der Waals surface area (Å²) < 4.78 is 18.1. The highest BCUT2D eigenvalue weighted by Crippen LogP contribution is 2.41. The van der Waals surface area contributed by atoms with Crippen LogP contribution >= 0.6 is 0 Å². The van der Waals surface area contributed by atoms with Gasteiger partial charge in [0, 0.05) is 6.92 Å². The average molecular weight is 231 g/mol. The van der Waals surface area contributed by atoms with Crippen molar-refractivity contribution in [3.8, 4) is 0 Å². The Kier molecular flexibility index (Phi) is 3.62. The number of hydrogen-bond donors (Lipinski definition) is 1. The van der Waals surface area contributed by atoms with Gasteiger partial charge in [0.05, 0.1) is 6.61 Å². The zero-order valence-corrected chi connectivity index (χ0v) is 9.21. The largest absolute Gasteiger partial charge is 0.464 e. The maximum atomic E-state index is 13.5. The van der Waals surface area contributed by atoms with Gasteiger partial charge in [-0.3, -0.25) is 9.59 Å². The second-order valence-corrected chi connectivity index (χ2v) is 3.72. The standard InChI is InChI=1S/C10H14FNO4/c1-3-16-9(15)7(12-6(2)13)8(14)10(11)4-5-10/h7H,3-5H2,1-2H3,(H,12,13). The number of amides is 1. The molecule has 1 aliphatic carbocycles. The number of alkyl halides is 1. The molecule has 1 saturated carbocycles. The van der Waals surface area contributed by atoms with Crippen LogP contribution in [0.1, 0.15) is 26.7 Å². The Hall–Kier alpha value is -1.46. The van der Waals surface area contributed by atoms with E-state index in [1.165, 1.54) is 0 Å². The lowest BCUT2D eigenvalue weighted by Gasteiger charge is -2.16. The molecule has 0 heterocycles. The van der Waals surface area contributed by atoms with Gasteiger partial charge in [0.25, 0.3) is 0 Å². The molecule has 1 amide bonds. The van der Waals surface area contributed by atoms with Crippen molar-refractivity contribution >= 4 is 17.7 Å². The van der Waals surface area contributed by atoms with Crippen molar-refractivity contribution in [1.29, 1.82) is 0 Å². The van der Waals surface area contributed by atoms with E-state index in [1.54, 1.807) is 6.92 Å². The van der Waals surface area contributed by atoms with Gasteiger partial charge in [-0.15, -0.1) is 0 Å². The van der Waals surface area contributed by atoms with E-state index in [4.69, 9.17) is 0 Å². The van der Waals surface area contributed by atoms with E-state index in [-0.39, 0.29) is 19.4 Å². The second-order valence-electron chi connectivity index (χ2n) is 3.72. The Morgan fingerprint density at radius 1 is 1.44 bits per heavy atom. The molecule has 1 unspecified atom stereocenters. The van der Waals surface area contributed by atoms with Gasteiger partial charge in [0.1, 0.15) is 0 Å². The molecule has 0 radical (unpaired) electrons. The van der Waals surface area contributed by atoms with Crippen LogP contribution in [0.15, 0.2) is 0 Å². The number of ether oxygens (including phenoxy) is 1. The Morgan fingerprint density at radius 3 is 2.38 bits per heavy atom. The minimum atomic E-state index is -1.96. The molecule has 1 N–H and O–H groups in total. The van der Waals surface area contributed by atoms with Crippen LogP contribution < -0.4 is 5.32 Å². The van der Waals surface area contributed by atoms with E-state index < -0.39 is 29.4 Å². The van der Waals surface area contributed by atoms with Crippen LogP contribution in [-0.4, -0.2) is 36.0 Å². The fourth-order valence-electron chi connectivity index (χ4n) is 1.28. The molecule has 90 valence electrons. The molecule has 0 bridgehead atoms. The van der Waals surface area contributed by atoms with Crippen LogP contribution in [0.5, 0.6) is 0 Å². The first-order chi connectivity index (χ1) is 7.40. The molecule has 0 spiro atoms. The van der Waals surface area contributed by atoms with Crippen LogP contribution in [0, 0.1) is 0 Å². The summed E-state index contributed by atoms with van der Waals surface area (Å²) in [6, 6.07) is -1.52. The Bertz CT molecular complexity index is 325. The average Bonchev–Trinajstić information content (AvgIpc) is 2.93. The van der Waals surface area contributed by atoms with Crippen molar-refractivity contribution in [3.05, 3.63) is 0 Å². The van der Waals surface area contributed by atoms with Crippen molar-refractivity contribution in [1.82, 2.24) is 5.32 Å². The molecule has 1 aliphatic rings. The quantitative estimate of drug-likeness (QED) is 0.539. The molecule has 0 aromatic rings. The highest BCUT2D eigenvalue weighted by Gasteiger charge is 2.55. The first-order valence-electron chi connectivity index (χ1n) is 5.07. The minimum absolute atomic E-state index is 0.0709. The monoisotopic (exact) mass is 231 g/mol. The van der Waals surface area contributed by atoms with E-state index in [0.717, 1.165) is 6.92 Å². The zero-order valence-electron chi connectivity index (χ0n) is 9.21. The van der Waals surface area contributed by atoms with Crippen molar-refractivity contribution < 1.29 is 23.5 Å². The summed E-state index contributed by atoms with van der Waals surface area (Å²) in [5, 5.41) is 2.11. The second kappa shape index (κ2) is 4.59. The fourth-order valence-corrected chi connectivity index (χ4v) is 1.28. The predicted octanol–water partition coefficient (Wildman–Crippen LogP) is 0.125. The molecule has 1 rings (SSSR count). The third kappa shape index (κ3) is 2.77. The summed E-state index contributed by atoms with van der Waals surface area (Å²) >= 11 is 0. The van der Waals surface area contributed by atoms with Gasteiger partial charge >= 0.3 is 5.97 Å². The molecule has 0 aromatic carbocycles. The molecule has 16 heavy (non-hydrogen) atoms. The van der Waals surface area contributed by atoms with Gasteiger partial charge in [-0.05, 0) is 19.8 Å². The Balaban J connectivity index is 2.74. The summed E-state index contributed by atoms with van der Waals surface area (Å²) in [5.74, 6) is -2.40. The summed E-state index contributed by atoms with van der Waals surface area (Å²) in [7, 11) is 0. The van der Waals surface area contributed by atoms with Crippen LogP contribution in [0.25, 0.3) is 0 Å². The van der Waals surface area contributed by atoms with Gasteiger partial charge in [-0.1, -0.05) is 0 Å². The molecule has 0 aromatic heterocycles. The molecule has 5 nitrogen and oxygen atoms in total. The number of Topliss-reactive ketones (excluding diaryl/α,β-unsaturated/α-hetero) is 1. The lowest BCUT2D eigenvalue weighted by molar-refractivity contribution is -0.152. The maximum absolute atomic E-state index is 13.5. The fraction of sp³-hybridized carbons (Fsp3) is 0.700. The molecule has 1 fully saturated rings. The topological polar surface area (TPSA) is 72.5 Å². The lowest BCUT2D eigenvalue weighted by atomic mass is 10.1. The third-order valence-corrected chi connectivity index (χ3v) is 2.26. The normalized spacial score (nSPS) is 18.4. The molecule has 0 aliphatic heterocycles. The number of ketones is 1. The van der Waals surface area contributed by atoms with E-state index in [2.05, 4.69) is 10.1 Å². The number of esters is 1. The van der Waals surface area contributed by atoms with Crippen molar-refractivity contribution in [2.24, 2.45) is 0 Å². The van der Waals surface area contributed by atoms with Crippen molar-refractivity contribution in [3.63, 3.8) is 0 Å². The van der Waals surface area contributed by atoms with Gasteiger partial charge in [-0.2, -0.15) is 0 Å². The van der Waals surface area contributed by atoms with Crippen molar-refractivity contribution in [2.45, 2.75) is 38.4 Å². The maximum Gasteiger partial charge on any atom is 0.336 e. The smallest absolute Gasteiger partial charge is 0.336 e. The van der Waals surface area contributed by atoms with Crippen molar-refractivity contribution in [2.75, 3.05) is 6.61 Å². The van der Waals surface area contributed by atoms with Crippen LogP contribution in [-0.2, 0) is 19.1 Å². The highest BCUT2D eigenvalue weighted by atomic mass is 19.1. The molecular formula is C10H14FNO4. The van der Waals surface area contributed by atoms with Crippen LogP contribution in [0.4, 0.5) is 4.39 Å². The summed E-state index contributed by atoms with van der Waals surface area (Å²) in [4.78, 5) is 33.8. The third-order valence-electron chi connectivity index (χ3n) is 2.26. The predicted molar refractivity (Wildman–Crippen MR) is 52.3 cm³/mol. The number of carbonyl (C=O) groups is 3. The first kappa shape index (κ1) is 12.6. The zero-order chi connectivity index (χ0) is 12.3. The van der Waals surface area contributed by atoms with E-state index in [9.17, 15) is 18.8 Å². The summed E-state index contributed by atoms with van der Waals surface area (Å²) in [5.41, 5.74) is -1.96. The van der Waals surface area contributed by atoms with E-state index >= 15 is 0 Å². The molecule has 6 heteroatoms. The summed E-state index contributed by atoms with van der Waals surface area (Å²) in [6.07, 6.45) is 0.197. The van der Waals surface area contributed by atoms with Gasteiger partial charge in [0.15, 0.2) is 11.7 Å².